The van der Waals surface area contributed by atoms with E-state index in [9.17, 15) is 0 Å². The van der Waals surface area contributed by atoms with Crippen molar-refractivity contribution >= 4 is 0 Å². The minimum atomic E-state index is 0.510. The Kier molecular flexibility index (Phi) is 11.3. The lowest BCUT2D eigenvalue weighted by molar-refractivity contribution is 0.0167. The predicted octanol–water partition coefficient (Wildman–Crippen LogP) is 1.26. The Morgan fingerprint density at radius 3 is 1.13 bits per heavy atom. The Balaban J connectivity index is 4.61. The fourth-order valence-corrected chi connectivity index (χ4v) is 2.84. The van der Waals surface area contributed by atoms with E-state index in [4.69, 9.17) is 4.74 Å². The molecule has 0 aliphatic rings. The SMILES string of the molecule is CC(C(COCC(CN(C)C)C(C)N(C)C)CN(C)C)N(C)C. The molecule has 0 N–H and O–H groups in total. The van der Waals surface area contributed by atoms with Crippen molar-refractivity contribution in [2.45, 2.75) is 25.9 Å². The van der Waals surface area contributed by atoms with Crippen LogP contribution in [0, 0.1) is 11.8 Å². The topological polar surface area (TPSA) is 22.2 Å². The maximum atomic E-state index is 6.20. The third-order valence-corrected chi connectivity index (χ3v) is 4.86. The van der Waals surface area contributed by atoms with Gasteiger partial charge in [0, 0.05) is 37.0 Å². The minimum Gasteiger partial charge on any atom is -0.381 e. The van der Waals surface area contributed by atoms with E-state index in [0.717, 1.165) is 26.3 Å². The molecule has 0 aliphatic heterocycles. The highest BCUT2D eigenvalue weighted by Gasteiger charge is 2.23. The van der Waals surface area contributed by atoms with Crippen molar-refractivity contribution in [2.24, 2.45) is 11.8 Å². The zero-order valence-corrected chi connectivity index (χ0v) is 17.3. The van der Waals surface area contributed by atoms with Crippen LogP contribution in [0.1, 0.15) is 13.8 Å². The van der Waals surface area contributed by atoms with Crippen LogP contribution in [0.4, 0.5) is 0 Å². The normalized spacial score (nSPS) is 18.0. The molecule has 5 nitrogen and oxygen atoms in total. The van der Waals surface area contributed by atoms with Crippen molar-refractivity contribution in [1.29, 1.82) is 0 Å². The fraction of sp³-hybridized carbons (Fsp3) is 1.00. The molecule has 0 aromatic rings. The van der Waals surface area contributed by atoms with Crippen LogP contribution in [0.15, 0.2) is 0 Å². The smallest absolute Gasteiger partial charge is 0.0521 e. The van der Waals surface area contributed by atoms with Crippen LogP contribution in [0.25, 0.3) is 0 Å². The molecule has 5 heteroatoms. The Morgan fingerprint density at radius 2 is 0.913 bits per heavy atom. The van der Waals surface area contributed by atoms with E-state index >= 15 is 0 Å². The molecule has 140 valence electrons. The monoisotopic (exact) mass is 330 g/mol. The van der Waals surface area contributed by atoms with Crippen LogP contribution in [-0.2, 0) is 4.74 Å². The van der Waals surface area contributed by atoms with E-state index in [1.807, 2.05) is 0 Å². The Labute approximate surface area is 145 Å². The second kappa shape index (κ2) is 11.4. The summed E-state index contributed by atoms with van der Waals surface area (Å²) in [5, 5.41) is 0. The number of hydrogen-bond donors (Lipinski definition) is 0. The van der Waals surface area contributed by atoms with Gasteiger partial charge in [0.05, 0.1) is 13.2 Å². The standard InChI is InChI=1S/C18H42N4O/c1-15(21(7)8)17(11-19(3)4)13-23-14-18(12-20(5)6)16(2)22(9)10/h15-18H,11-14H2,1-10H3. The van der Waals surface area contributed by atoms with Crippen molar-refractivity contribution in [3.63, 3.8) is 0 Å². The lowest BCUT2D eigenvalue weighted by atomic mass is 9.99. The highest BCUT2D eigenvalue weighted by Crippen LogP contribution is 2.14. The van der Waals surface area contributed by atoms with Gasteiger partial charge in [-0.15, -0.1) is 0 Å². The van der Waals surface area contributed by atoms with E-state index in [0.29, 0.717) is 23.9 Å². The summed E-state index contributed by atoms with van der Waals surface area (Å²) >= 11 is 0. The summed E-state index contributed by atoms with van der Waals surface area (Å²) < 4.78 is 6.20. The summed E-state index contributed by atoms with van der Waals surface area (Å²) in [6.07, 6.45) is 0. The quantitative estimate of drug-likeness (QED) is 0.536. The third-order valence-electron chi connectivity index (χ3n) is 4.86. The molecule has 4 unspecified atom stereocenters. The maximum absolute atomic E-state index is 6.20. The van der Waals surface area contributed by atoms with Crippen LogP contribution < -0.4 is 0 Å². The number of rotatable bonds is 12. The van der Waals surface area contributed by atoms with Gasteiger partial charge in [-0.1, -0.05) is 0 Å². The minimum absolute atomic E-state index is 0.510. The highest BCUT2D eigenvalue weighted by atomic mass is 16.5. The van der Waals surface area contributed by atoms with Crippen molar-refractivity contribution in [3.05, 3.63) is 0 Å². The molecule has 0 aromatic carbocycles. The van der Waals surface area contributed by atoms with E-state index < -0.39 is 0 Å². The van der Waals surface area contributed by atoms with Crippen LogP contribution in [0.2, 0.25) is 0 Å². The molecule has 0 aliphatic carbocycles. The van der Waals surface area contributed by atoms with Crippen molar-refractivity contribution in [3.8, 4) is 0 Å². The summed E-state index contributed by atoms with van der Waals surface area (Å²) in [5.74, 6) is 1.05. The molecule has 0 amide bonds. The first-order valence-corrected chi connectivity index (χ1v) is 8.76. The van der Waals surface area contributed by atoms with E-state index in [1.165, 1.54) is 0 Å². The summed E-state index contributed by atoms with van der Waals surface area (Å²) in [7, 11) is 17.1. The second-order valence-corrected chi connectivity index (χ2v) is 7.99. The molecular formula is C18H42N4O. The van der Waals surface area contributed by atoms with Crippen LogP contribution in [-0.4, -0.2) is 114 Å². The van der Waals surface area contributed by atoms with Crippen molar-refractivity contribution in [1.82, 2.24) is 19.6 Å². The second-order valence-electron chi connectivity index (χ2n) is 7.99. The predicted molar refractivity (Wildman–Crippen MR) is 101 cm³/mol. The van der Waals surface area contributed by atoms with E-state index in [-0.39, 0.29) is 0 Å². The van der Waals surface area contributed by atoms with Gasteiger partial charge >= 0.3 is 0 Å². The molecule has 0 saturated carbocycles. The van der Waals surface area contributed by atoms with Crippen molar-refractivity contribution < 1.29 is 4.74 Å². The molecule has 0 radical (unpaired) electrons. The Hall–Kier alpha value is -0.200. The van der Waals surface area contributed by atoms with Gasteiger partial charge in [-0.25, -0.2) is 0 Å². The van der Waals surface area contributed by atoms with Gasteiger partial charge < -0.3 is 24.3 Å². The zero-order chi connectivity index (χ0) is 18.2. The van der Waals surface area contributed by atoms with Crippen LogP contribution in [0.5, 0.6) is 0 Å². The first kappa shape index (κ1) is 22.8. The van der Waals surface area contributed by atoms with Gasteiger partial charge in [0.25, 0.3) is 0 Å². The van der Waals surface area contributed by atoms with Crippen molar-refractivity contribution in [2.75, 3.05) is 82.7 Å². The third kappa shape index (κ3) is 9.62. The average Bonchev–Trinajstić information content (AvgIpc) is 2.42. The lowest BCUT2D eigenvalue weighted by Gasteiger charge is -2.34. The molecule has 0 saturated heterocycles. The molecule has 0 rings (SSSR count). The van der Waals surface area contributed by atoms with Crippen LogP contribution >= 0.6 is 0 Å². The molecule has 0 fully saturated rings. The fourth-order valence-electron chi connectivity index (χ4n) is 2.84. The first-order valence-electron chi connectivity index (χ1n) is 8.76. The van der Waals surface area contributed by atoms with Gasteiger partial charge in [-0.3, -0.25) is 0 Å². The Bertz CT molecular complexity index is 267. The highest BCUT2D eigenvalue weighted by molar-refractivity contribution is 4.77. The number of nitrogens with zero attached hydrogens (tertiary/aromatic N) is 4. The molecule has 0 bridgehead atoms. The van der Waals surface area contributed by atoms with Crippen LogP contribution in [0.3, 0.4) is 0 Å². The van der Waals surface area contributed by atoms with E-state index in [1.54, 1.807) is 0 Å². The van der Waals surface area contributed by atoms with Gasteiger partial charge in [0.2, 0.25) is 0 Å². The molecule has 0 spiro atoms. The molecule has 0 heterocycles. The summed E-state index contributed by atoms with van der Waals surface area (Å²) in [4.78, 5) is 9.09. The zero-order valence-electron chi connectivity index (χ0n) is 17.3. The summed E-state index contributed by atoms with van der Waals surface area (Å²) in [6, 6.07) is 1.02. The first-order chi connectivity index (χ1) is 10.6. The molecule has 4 atom stereocenters. The lowest BCUT2D eigenvalue weighted by Crippen LogP contribution is -2.43. The average molecular weight is 331 g/mol. The molecular weight excluding hydrogens is 288 g/mol. The Morgan fingerprint density at radius 1 is 0.609 bits per heavy atom. The summed E-state index contributed by atoms with van der Waals surface area (Å²) in [5.41, 5.74) is 0. The van der Waals surface area contributed by atoms with Gasteiger partial charge in [-0.2, -0.15) is 0 Å². The molecule has 23 heavy (non-hydrogen) atoms. The molecule has 0 aromatic heterocycles. The number of hydrogen-bond acceptors (Lipinski definition) is 5. The van der Waals surface area contributed by atoms with E-state index in [2.05, 4.69) is 89.8 Å². The van der Waals surface area contributed by atoms with Gasteiger partial charge in [-0.05, 0) is 70.2 Å². The number of ether oxygens (including phenoxy) is 1. The largest absolute Gasteiger partial charge is 0.381 e. The van der Waals surface area contributed by atoms with Gasteiger partial charge in [0.15, 0.2) is 0 Å². The van der Waals surface area contributed by atoms with Gasteiger partial charge in [0.1, 0.15) is 0 Å². The summed E-state index contributed by atoms with van der Waals surface area (Å²) in [6.45, 7) is 8.33. The maximum Gasteiger partial charge on any atom is 0.0521 e.